The third kappa shape index (κ3) is 3.75. The second kappa shape index (κ2) is 8.64. The van der Waals surface area contributed by atoms with Gasteiger partial charge in [0, 0.05) is 12.2 Å². The lowest BCUT2D eigenvalue weighted by atomic mass is 10.0. The molecule has 174 valence electrons. The highest BCUT2D eigenvalue weighted by atomic mass is 79.9. The quantitative estimate of drug-likeness (QED) is 0.393. The monoisotopic (exact) mass is 522 g/mol. The minimum atomic E-state index is -0.607. The maximum Gasteiger partial charge on any atom is 0.248 e. The number of fused-ring (bicyclic) bond motifs is 3. The van der Waals surface area contributed by atoms with E-state index in [1.807, 2.05) is 19.9 Å². The number of rotatable bonds is 4. The standard InChI is InChI=1S/C23H23BrN8O2/c1-12-9-15(23(34)30-17-7-3-6-16(24)29-17)32(13(12)2)18(33)10-31-14-5-4-8-26-20(14)19-21(25)27-11-28-22(19)31/h3-8,11-13,15H,9-10H2,1-2H3,(H2,25,27,28)(H,29,30,34)/t12-,13-,15+/m1/s1. The lowest BCUT2D eigenvalue weighted by molar-refractivity contribution is -0.139. The van der Waals surface area contributed by atoms with E-state index in [1.54, 1.807) is 39.9 Å². The summed E-state index contributed by atoms with van der Waals surface area (Å²) in [4.78, 5) is 45.7. The summed E-state index contributed by atoms with van der Waals surface area (Å²) in [5.41, 5.74) is 8.02. The van der Waals surface area contributed by atoms with Crippen molar-refractivity contribution in [3.63, 3.8) is 0 Å². The molecule has 0 aromatic carbocycles. The van der Waals surface area contributed by atoms with Crippen LogP contribution < -0.4 is 11.1 Å². The molecule has 1 fully saturated rings. The first-order valence-corrected chi connectivity index (χ1v) is 11.7. The first-order valence-electron chi connectivity index (χ1n) is 10.9. The summed E-state index contributed by atoms with van der Waals surface area (Å²) in [5, 5.41) is 3.46. The molecular weight excluding hydrogens is 500 g/mol. The Balaban J connectivity index is 1.48. The van der Waals surface area contributed by atoms with Gasteiger partial charge in [-0.2, -0.15) is 0 Å². The van der Waals surface area contributed by atoms with Gasteiger partial charge in [-0.3, -0.25) is 14.6 Å². The van der Waals surface area contributed by atoms with Crippen molar-refractivity contribution >= 4 is 61.4 Å². The summed E-state index contributed by atoms with van der Waals surface area (Å²) in [6, 6.07) is 8.24. The second-order valence-electron chi connectivity index (χ2n) is 8.52. The number of carbonyl (C=O) groups excluding carboxylic acids is 2. The Morgan fingerprint density at radius 1 is 1.18 bits per heavy atom. The van der Waals surface area contributed by atoms with Crippen molar-refractivity contribution in [1.82, 2.24) is 29.4 Å². The molecular formula is C23H23BrN8O2. The highest BCUT2D eigenvalue weighted by Gasteiger charge is 2.43. The summed E-state index contributed by atoms with van der Waals surface area (Å²) in [5.74, 6) is 0.457. The number of likely N-dealkylation sites (tertiary alicyclic amines) is 1. The van der Waals surface area contributed by atoms with E-state index in [4.69, 9.17) is 5.73 Å². The van der Waals surface area contributed by atoms with Crippen molar-refractivity contribution in [3.8, 4) is 0 Å². The first-order chi connectivity index (χ1) is 16.3. The maximum absolute atomic E-state index is 13.7. The zero-order valence-electron chi connectivity index (χ0n) is 18.6. The minimum Gasteiger partial charge on any atom is -0.383 e. The number of nitrogens with two attached hydrogens (primary N) is 1. The highest BCUT2D eigenvalue weighted by molar-refractivity contribution is 9.10. The number of carbonyl (C=O) groups is 2. The van der Waals surface area contributed by atoms with Crippen LogP contribution in [0, 0.1) is 5.92 Å². The minimum absolute atomic E-state index is 0.00186. The van der Waals surface area contributed by atoms with Crippen LogP contribution in [0.5, 0.6) is 0 Å². The Labute approximate surface area is 203 Å². The SMILES string of the molecule is C[C@@H]1C[C@@H](C(=O)Nc2cccc(Br)n2)N(C(=O)Cn2c3cccnc3c3c(N)ncnc32)[C@@H]1C. The van der Waals surface area contributed by atoms with Crippen molar-refractivity contribution in [2.24, 2.45) is 5.92 Å². The van der Waals surface area contributed by atoms with Crippen LogP contribution in [0.25, 0.3) is 22.1 Å². The number of nitrogen functional groups attached to an aromatic ring is 1. The molecule has 5 rings (SSSR count). The van der Waals surface area contributed by atoms with Crippen LogP contribution in [-0.2, 0) is 16.1 Å². The van der Waals surface area contributed by atoms with Gasteiger partial charge in [0.2, 0.25) is 11.8 Å². The summed E-state index contributed by atoms with van der Waals surface area (Å²) < 4.78 is 2.41. The zero-order chi connectivity index (χ0) is 24.0. The van der Waals surface area contributed by atoms with Gasteiger partial charge in [0.15, 0.2) is 0 Å². The number of amides is 2. The van der Waals surface area contributed by atoms with E-state index in [-0.39, 0.29) is 30.3 Å². The Kier molecular flexibility index (Phi) is 5.64. The van der Waals surface area contributed by atoms with E-state index < -0.39 is 6.04 Å². The number of hydrogen-bond donors (Lipinski definition) is 2. The molecule has 1 aliphatic rings. The number of nitrogens with one attached hydrogen (secondary N) is 1. The van der Waals surface area contributed by atoms with Crippen LogP contribution in [0.4, 0.5) is 11.6 Å². The fraction of sp³-hybridized carbons (Fsp3) is 0.304. The molecule has 0 saturated carbocycles. The van der Waals surface area contributed by atoms with Crippen LogP contribution in [0.1, 0.15) is 20.3 Å². The summed E-state index contributed by atoms with van der Waals surface area (Å²) in [7, 11) is 0. The molecule has 0 spiro atoms. The van der Waals surface area contributed by atoms with Gasteiger partial charge in [0.05, 0.1) is 10.9 Å². The molecule has 3 N–H and O–H groups in total. The lowest BCUT2D eigenvalue weighted by Crippen LogP contribution is -2.47. The van der Waals surface area contributed by atoms with Crippen molar-refractivity contribution in [2.75, 3.05) is 11.1 Å². The summed E-state index contributed by atoms with van der Waals surface area (Å²) >= 11 is 3.31. The molecule has 0 bridgehead atoms. The van der Waals surface area contributed by atoms with Crippen molar-refractivity contribution in [3.05, 3.63) is 47.5 Å². The number of aromatic nitrogens is 5. The van der Waals surface area contributed by atoms with Gasteiger partial charge in [-0.15, -0.1) is 0 Å². The molecule has 4 aromatic rings. The maximum atomic E-state index is 13.7. The van der Waals surface area contributed by atoms with Crippen molar-refractivity contribution in [2.45, 2.75) is 38.9 Å². The van der Waals surface area contributed by atoms with Gasteiger partial charge in [-0.25, -0.2) is 15.0 Å². The molecule has 0 radical (unpaired) electrons. The molecule has 5 heterocycles. The van der Waals surface area contributed by atoms with Gasteiger partial charge in [-0.05, 0) is 59.5 Å². The Morgan fingerprint density at radius 2 is 2.00 bits per heavy atom. The lowest BCUT2D eigenvalue weighted by Gasteiger charge is -2.29. The Morgan fingerprint density at radius 3 is 2.79 bits per heavy atom. The molecule has 10 nitrogen and oxygen atoms in total. The molecule has 34 heavy (non-hydrogen) atoms. The summed E-state index contributed by atoms with van der Waals surface area (Å²) in [6.45, 7) is 4.02. The number of hydrogen-bond acceptors (Lipinski definition) is 7. The van der Waals surface area contributed by atoms with E-state index in [0.717, 1.165) is 5.52 Å². The van der Waals surface area contributed by atoms with Crippen LogP contribution in [-0.4, -0.2) is 53.3 Å². The van der Waals surface area contributed by atoms with E-state index in [2.05, 4.69) is 41.2 Å². The topological polar surface area (TPSA) is 132 Å². The second-order valence-corrected chi connectivity index (χ2v) is 9.33. The highest BCUT2D eigenvalue weighted by Crippen LogP contribution is 2.33. The van der Waals surface area contributed by atoms with Crippen LogP contribution >= 0.6 is 15.9 Å². The van der Waals surface area contributed by atoms with Crippen LogP contribution in [0.2, 0.25) is 0 Å². The normalized spacial score (nSPS) is 20.2. The van der Waals surface area contributed by atoms with Crippen molar-refractivity contribution in [1.29, 1.82) is 0 Å². The van der Waals surface area contributed by atoms with Gasteiger partial charge < -0.3 is 20.5 Å². The predicted molar refractivity (Wildman–Crippen MR) is 132 cm³/mol. The average Bonchev–Trinajstić information content (AvgIpc) is 3.29. The molecule has 11 heteroatoms. The van der Waals surface area contributed by atoms with Gasteiger partial charge in [0.25, 0.3) is 0 Å². The molecule has 1 saturated heterocycles. The molecule has 3 atom stereocenters. The van der Waals surface area contributed by atoms with E-state index in [1.165, 1.54) is 6.33 Å². The molecule has 0 unspecified atom stereocenters. The van der Waals surface area contributed by atoms with Crippen LogP contribution in [0.3, 0.4) is 0 Å². The molecule has 0 aliphatic carbocycles. The van der Waals surface area contributed by atoms with Gasteiger partial charge in [0.1, 0.15) is 46.3 Å². The molecule has 4 aromatic heterocycles. The fourth-order valence-corrected chi connectivity index (χ4v) is 5.01. The Bertz CT molecular complexity index is 1420. The van der Waals surface area contributed by atoms with Gasteiger partial charge in [-0.1, -0.05) is 13.0 Å². The molecule has 2 amide bonds. The number of anilines is 2. The van der Waals surface area contributed by atoms with E-state index in [9.17, 15) is 9.59 Å². The largest absolute Gasteiger partial charge is 0.383 e. The Hall–Kier alpha value is -3.60. The number of nitrogens with zero attached hydrogens (tertiary/aromatic N) is 6. The van der Waals surface area contributed by atoms with Gasteiger partial charge >= 0.3 is 0 Å². The zero-order valence-corrected chi connectivity index (χ0v) is 20.2. The fourth-order valence-electron chi connectivity index (χ4n) is 4.66. The van der Waals surface area contributed by atoms with Crippen LogP contribution in [0.15, 0.2) is 47.5 Å². The predicted octanol–water partition coefficient (Wildman–Crippen LogP) is 2.98. The third-order valence-corrected chi connectivity index (χ3v) is 6.91. The van der Waals surface area contributed by atoms with E-state index >= 15 is 0 Å². The van der Waals surface area contributed by atoms with Crippen molar-refractivity contribution < 1.29 is 9.59 Å². The molecule has 1 aliphatic heterocycles. The first kappa shape index (κ1) is 22.2. The number of pyridine rings is 2. The number of halogens is 1. The summed E-state index contributed by atoms with van der Waals surface area (Å²) in [6.07, 6.45) is 3.61. The average molecular weight is 523 g/mol. The smallest absolute Gasteiger partial charge is 0.248 e. The van der Waals surface area contributed by atoms with E-state index in [0.29, 0.717) is 39.2 Å². The third-order valence-electron chi connectivity index (χ3n) is 6.47.